The zero-order chi connectivity index (χ0) is 14.5. The molecular formula is C15H28O5. The molecule has 0 radical (unpaired) electrons. The molecule has 0 saturated heterocycles. The molecule has 0 aromatic heterocycles. The van der Waals surface area contributed by atoms with Gasteiger partial charge < -0.3 is 24.1 Å². The molecule has 1 aliphatic rings. The normalized spacial score (nSPS) is 25.1. The van der Waals surface area contributed by atoms with Gasteiger partial charge in [-0.1, -0.05) is 12.2 Å². The van der Waals surface area contributed by atoms with Crippen LogP contribution in [0.15, 0.2) is 12.2 Å². The van der Waals surface area contributed by atoms with Crippen LogP contribution in [0.5, 0.6) is 0 Å². The molecule has 0 aromatic carbocycles. The fraction of sp³-hybridized carbons (Fsp3) is 0.867. The Labute approximate surface area is 121 Å². The van der Waals surface area contributed by atoms with E-state index in [9.17, 15) is 5.11 Å². The summed E-state index contributed by atoms with van der Waals surface area (Å²) in [7, 11) is 1.65. The van der Waals surface area contributed by atoms with E-state index in [1.54, 1.807) is 7.11 Å². The molecule has 20 heavy (non-hydrogen) atoms. The molecule has 1 rings (SSSR count). The lowest BCUT2D eigenvalue weighted by molar-refractivity contribution is -0.0659. The Morgan fingerprint density at radius 3 is 2.20 bits per heavy atom. The number of aliphatic hydroxyl groups excluding tert-OH is 1. The van der Waals surface area contributed by atoms with Gasteiger partial charge in [0, 0.05) is 7.11 Å². The van der Waals surface area contributed by atoms with Crippen molar-refractivity contribution in [2.45, 2.75) is 37.9 Å². The van der Waals surface area contributed by atoms with E-state index in [1.807, 2.05) is 0 Å². The van der Waals surface area contributed by atoms with Crippen molar-refractivity contribution in [1.29, 1.82) is 0 Å². The maximum atomic E-state index is 9.97. The van der Waals surface area contributed by atoms with Gasteiger partial charge in [-0.3, -0.25) is 0 Å². The second kappa shape index (κ2) is 12.3. The van der Waals surface area contributed by atoms with Gasteiger partial charge in [-0.25, -0.2) is 0 Å². The van der Waals surface area contributed by atoms with Gasteiger partial charge in [0.1, 0.15) is 0 Å². The van der Waals surface area contributed by atoms with Crippen LogP contribution in [0.2, 0.25) is 0 Å². The van der Waals surface area contributed by atoms with Crippen LogP contribution in [-0.4, -0.2) is 64.1 Å². The zero-order valence-corrected chi connectivity index (χ0v) is 12.5. The van der Waals surface area contributed by atoms with E-state index < -0.39 is 0 Å². The van der Waals surface area contributed by atoms with Crippen LogP contribution in [0.3, 0.4) is 0 Å². The smallest absolute Gasteiger partial charge is 0.0838 e. The van der Waals surface area contributed by atoms with Crippen LogP contribution in [0.25, 0.3) is 0 Å². The highest BCUT2D eigenvalue weighted by molar-refractivity contribution is 4.88. The van der Waals surface area contributed by atoms with Crippen molar-refractivity contribution in [2.24, 2.45) is 0 Å². The fourth-order valence-electron chi connectivity index (χ4n) is 2.06. The Hall–Kier alpha value is -0.460. The van der Waals surface area contributed by atoms with Gasteiger partial charge in [-0.2, -0.15) is 0 Å². The Morgan fingerprint density at radius 2 is 1.50 bits per heavy atom. The molecule has 0 bridgehead atoms. The predicted octanol–water partition coefficient (Wildman–Crippen LogP) is 1.54. The molecule has 0 unspecified atom stereocenters. The molecule has 0 saturated carbocycles. The molecule has 0 fully saturated rings. The molecule has 5 heteroatoms. The number of hydrogen-bond donors (Lipinski definition) is 1. The number of methoxy groups -OCH3 is 1. The maximum Gasteiger partial charge on any atom is 0.0838 e. The minimum atomic E-state index is -0.364. The van der Waals surface area contributed by atoms with Gasteiger partial charge in [0.05, 0.1) is 51.8 Å². The second-order valence-electron chi connectivity index (χ2n) is 4.82. The van der Waals surface area contributed by atoms with Crippen molar-refractivity contribution in [3.8, 4) is 0 Å². The molecule has 0 amide bonds. The number of rotatable bonds is 10. The number of allylic oxidation sites excluding steroid dienone is 2. The highest BCUT2D eigenvalue weighted by Crippen LogP contribution is 2.16. The highest BCUT2D eigenvalue weighted by atomic mass is 16.6. The van der Waals surface area contributed by atoms with E-state index in [-0.39, 0.29) is 12.2 Å². The van der Waals surface area contributed by atoms with Crippen molar-refractivity contribution < 1.29 is 24.1 Å². The largest absolute Gasteiger partial charge is 0.390 e. The predicted molar refractivity (Wildman–Crippen MR) is 76.9 cm³/mol. The summed E-state index contributed by atoms with van der Waals surface area (Å²) in [6.45, 7) is 3.38. The van der Waals surface area contributed by atoms with Crippen molar-refractivity contribution >= 4 is 0 Å². The molecule has 2 atom stereocenters. The summed E-state index contributed by atoms with van der Waals surface area (Å²) in [5, 5.41) is 9.97. The zero-order valence-electron chi connectivity index (χ0n) is 12.5. The average Bonchev–Trinajstić information content (AvgIpc) is 2.44. The third kappa shape index (κ3) is 8.66. The first-order valence-electron chi connectivity index (χ1n) is 7.43. The SMILES string of the molecule is COCCOCCOCCO[C@H]1CC/C=C\CC[C@@H]1O. The quantitative estimate of drug-likeness (QED) is 0.488. The van der Waals surface area contributed by atoms with Crippen LogP contribution < -0.4 is 0 Å². The minimum Gasteiger partial charge on any atom is -0.390 e. The van der Waals surface area contributed by atoms with Crippen LogP contribution in [0.1, 0.15) is 25.7 Å². The van der Waals surface area contributed by atoms with Gasteiger partial charge in [-0.05, 0) is 25.7 Å². The summed E-state index contributed by atoms with van der Waals surface area (Å²) in [6.07, 6.45) is 7.40. The Balaban J connectivity index is 1.95. The summed E-state index contributed by atoms with van der Waals surface area (Å²) in [4.78, 5) is 0. The third-order valence-corrected chi connectivity index (χ3v) is 3.21. The fourth-order valence-corrected chi connectivity index (χ4v) is 2.06. The first kappa shape index (κ1) is 17.6. The average molecular weight is 288 g/mol. The first-order valence-corrected chi connectivity index (χ1v) is 7.43. The Morgan fingerprint density at radius 1 is 0.900 bits per heavy atom. The maximum absolute atomic E-state index is 9.97. The molecule has 118 valence electrons. The van der Waals surface area contributed by atoms with Gasteiger partial charge in [0.15, 0.2) is 0 Å². The number of aliphatic hydroxyl groups is 1. The molecule has 0 aliphatic heterocycles. The Bertz CT molecular complexity index is 244. The molecule has 0 heterocycles. The van der Waals surface area contributed by atoms with E-state index in [2.05, 4.69) is 12.2 Å². The van der Waals surface area contributed by atoms with E-state index in [0.717, 1.165) is 25.7 Å². The number of ether oxygens (including phenoxy) is 4. The molecule has 0 spiro atoms. The van der Waals surface area contributed by atoms with Crippen LogP contribution in [-0.2, 0) is 18.9 Å². The lowest BCUT2D eigenvalue weighted by Crippen LogP contribution is -2.30. The molecule has 1 N–H and O–H groups in total. The topological polar surface area (TPSA) is 57.2 Å². The monoisotopic (exact) mass is 288 g/mol. The number of hydrogen-bond acceptors (Lipinski definition) is 5. The lowest BCUT2D eigenvalue weighted by Gasteiger charge is -2.24. The van der Waals surface area contributed by atoms with Crippen molar-refractivity contribution in [2.75, 3.05) is 46.8 Å². The summed E-state index contributed by atoms with van der Waals surface area (Å²) in [5.41, 5.74) is 0. The van der Waals surface area contributed by atoms with Crippen molar-refractivity contribution in [3.63, 3.8) is 0 Å². The first-order chi connectivity index (χ1) is 9.84. The van der Waals surface area contributed by atoms with Gasteiger partial charge >= 0.3 is 0 Å². The van der Waals surface area contributed by atoms with E-state index >= 15 is 0 Å². The van der Waals surface area contributed by atoms with Crippen molar-refractivity contribution in [3.05, 3.63) is 12.2 Å². The van der Waals surface area contributed by atoms with Crippen LogP contribution in [0.4, 0.5) is 0 Å². The van der Waals surface area contributed by atoms with Gasteiger partial charge in [-0.15, -0.1) is 0 Å². The Kier molecular flexibility index (Phi) is 10.8. The molecule has 5 nitrogen and oxygen atoms in total. The van der Waals surface area contributed by atoms with Crippen molar-refractivity contribution in [1.82, 2.24) is 0 Å². The van der Waals surface area contributed by atoms with E-state index in [0.29, 0.717) is 39.6 Å². The summed E-state index contributed by atoms with van der Waals surface area (Å²) in [6, 6.07) is 0. The highest BCUT2D eigenvalue weighted by Gasteiger charge is 2.19. The molecule has 1 aliphatic carbocycles. The van der Waals surface area contributed by atoms with E-state index in [4.69, 9.17) is 18.9 Å². The third-order valence-electron chi connectivity index (χ3n) is 3.21. The second-order valence-corrected chi connectivity index (χ2v) is 4.82. The summed E-state index contributed by atoms with van der Waals surface area (Å²) in [5.74, 6) is 0. The molecule has 0 aromatic rings. The lowest BCUT2D eigenvalue weighted by atomic mass is 10.0. The standard InChI is InChI=1S/C15H28O5/c1-17-8-9-18-10-11-19-12-13-20-15-7-5-3-2-4-6-14(15)16/h2-3,14-16H,4-13H2,1H3/b3-2-/t14-,15-/m0/s1. The van der Waals surface area contributed by atoms with Gasteiger partial charge in [0.2, 0.25) is 0 Å². The van der Waals surface area contributed by atoms with Gasteiger partial charge in [0.25, 0.3) is 0 Å². The molecular weight excluding hydrogens is 260 g/mol. The van der Waals surface area contributed by atoms with Crippen LogP contribution >= 0.6 is 0 Å². The minimum absolute atomic E-state index is 0.0681. The van der Waals surface area contributed by atoms with Crippen LogP contribution in [0, 0.1) is 0 Å². The summed E-state index contributed by atoms with van der Waals surface area (Å²) < 4.78 is 21.3. The van der Waals surface area contributed by atoms with E-state index in [1.165, 1.54) is 0 Å². The summed E-state index contributed by atoms with van der Waals surface area (Å²) >= 11 is 0.